The highest BCUT2D eigenvalue weighted by molar-refractivity contribution is 5.51. The zero-order valence-electron chi connectivity index (χ0n) is 11.8. The molecule has 0 amide bonds. The normalized spacial score (nSPS) is 10.7. The van der Waals surface area contributed by atoms with E-state index in [0.29, 0.717) is 17.2 Å². The number of rotatable bonds is 4. The van der Waals surface area contributed by atoms with Gasteiger partial charge in [-0.15, -0.1) is 0 Å². The maximum absolute atomic E-state index is 13.7. The molecule has 0 radical (unpaired) electrons. The molecular weight excluding hydrogens is 257 g/mol. The number of ether oxygens (including phenoxy) is 2. The molecule has 106 valence electrons. The van der Waals surface area contributed by atoms with Crippen molar-refractivity contribution in [2.75, 3.05) is 5.73 Å². The third kappa shape index (κ3) is 3.63. The topological polar surface area (TPSA) is 44.5 Å². The van der Waals surface area contributed by atoms with Crippen molar-refractivity contribution < 1.29 is 13.9 Å². The van der Waals surface area contributed by atoms with Gasteiger partial charge in [0.25, 0.3) is 0 Å². The van der Waals surface area contributed by atoms with Crippen molar-refractivity contribution in [1.82, 2.24) is 0 Å². The summed E-state index contributed by atoms with van der Waals surface area (Å²) in [5.74, 6) is 0.809. The molecule has 0 bridgehead atoms. The summed E-state index contributed by atoms with van der Waals surface area (Å²) < 4.78 is 24.8. The van der Waals surface area contributed by atoms with E-state index in [4.69, 9.17) is 15.2 Å². The van der Waals surface area contributed by atoms with Crippen LogP contribution in [0.3, 0.4) is 0 Å². The van der Waals surface area contributed by atoms with E-state index in [1.54, 1.807) is 30.3 Å². The van der Waals surface area contributed by atoms with Gasteiger partial charge in [0.1, 0.15) is 11.5 Å². The highest BCUT2D eigenvalue weighted by Crippen LogP contribution is 2.30. The van der Waals surface area contributed by atoms with Crippen molar-refractivity contribution in [2.45, 2.75) is 26.9 Å². The number of benzene rings is 2. The summed E-state index contributed by atoms with van der Waals surface area (Å²) in [6.07, 6.45) is 0.0281. The SMILES string of the molecule is Cc1ccc(F)c(Oc2cc(N)cc(OC(C)C)c2)c1. The molecule has 4 heteroatoms. The molecule has 0 atom stereocenters. The van der Waals surface area contributed by atoms with Crippen LogP contribution in [-0.4, -0.2) is 6.10 Å². The monoisotopic (exact) mass is 275 g/mol. The smallest absolute Gasteiger partial charge is 0.165 e. The van der Waals surface area contributed by atoms with Crippen LogP contribution in [0.1, 0.15) is 19.4 Å². The fourth-order valence-electron chi connectivity index (χ4n) is 1.81. The molecule has 20 heavy (non-hydrogen) atoms. The molecular formula is C16H18FNO2. The van der Waals surface area contributed by atoms with Crippen LogP contribution in [0.25, 0.3) is 0 Å². The minimum absolute atomic E-state index is 0.0281. The fraction of sp³-hybridized carbons (Fsp3) is 0.250. The zero-order valence-corrected chi connectivity index (χ0v) is 11.8. The van der Waals surface area contributed by atoms with Gasteiger partial charge < -0.3 is 15.2 Å². The summed E-state index contributed by atoms with van der Waals surface area (Å²) in [5.41, 5.74) is 7.23. The second kappa shape index (κ2) is 5.82. The Morgan fingerprint density at radius 2 is 1.75 bits per heavy atom. The van der Waals surface area contributed by atoms with Crippen molar-refractivity contribution in [3.8, 4) is 17.2 Å². The quantitative estimate of drug-likeness (QED) is 0.846. The molecule has 0 saturated heterocycles. The number of aryl methyl sites for hydroxylation is 1. The Morgan fingerprint density at radius 3 is 2.45 bits per heavy atom. The Balaban J connectivity index is 2.28. The highest BCUT2D eigenvalue weighted by atomic mass is 19.1. The van der Waals surface area contributed by atoms with Crippen LogP contribution >= 0.6 is 0 Å². The van der Waals surface area contributed by atoms with E-state index < -0.39 is 5.82 Å². The van der Waals surface area contributed by atoms with Gasteiger partial charge in [-0.3, -0.25) is 0 Å². The highest BCUT2D eigenvalue weighted by Gasteiger charge is 2.08. The molecule has 2 N–H and O–H groups in total. The van der Waals surface area contributed by atoms with Crippen molar-refractivity contribution >= 4 is 5.69 Å². The van der Waals surface area contributed by atoms with Gasteiger partial charge in [-0.2, -0.15) is 0 Å². The lowest BCUT2D eigenvalue weighted by Gasteiger charge is -2.13. The fourth-order valence-corrected chi connectivity index (χ4v) is 1.81. The molecule has 0 aliphatic rings. The van der Waals surface area contributed by atoms with E-state index in [9.17, 15) is 4.39 Å². The maximum Gasteiger partial charge on any atom is 0.165 e. The number of nitrogens with two attached hydrogens (primary N) is 1. The molecule has 2 aromatic carbocycles. The molecule has 0 aliphatic heterocycles. The maximum atomic E-state index is 13.7. The Bertz CT molecular complexity index is 611. The van der Waals surface area contributed by atoms with E-state index >= 15 is 0 Å². The molecule has 2 rings (SSSR count). The predicted molar refractivity (Wildman–Crippen MR) is 77.8 cm³/mol. The van der Waals surface area contributed by atoms with Crippen molar-refractivity contribution in [2.24, 2.45) is 0 Å². The van der Waals surface area contributed by atoms with Crippen molar-refractivity contribution in [3.05, 3.63) is 47.8 Å². The second-order valence-corrected chi connectivity index (χ2v) is 4.94. The molecule has 2 aromatic rings. The molecule has 3 nitrogen and oxygen atoms in total. The van der Waals surface area contributed by atoms with Gasteiger partial charge in [0.05, 0.1) is 6.10 Å². The van der Waals surface area contributed by atoms with Crippen LogP contribution in [0.5, 0.6) is 17.2 Å². The first-order valence-electron chi connectivity index (χ1n) is 6.45. The molecule has 0 spiro atoms. The molecule has 0 fully saturated rings. The van der Waals surface area contributed by atoms with Gasteiger partial charge in [-0.25, -0.2) is 4.39 Å². The van der Waals surface area contributed by atoms with Gasteiger partial charge >= 0.3 is 0 Å². The average Bonchev–Trinajstić information content (AvgIpc) is 2.32. The summed E-state index contributed by atoms with van der Waals surface area (Å²) in [7, 11) is 0. The number of halogens is 1. The summed E-state index contributed by atoms with van der Waals surface area (Å²) in [6, 6.07) is 9.74. The minimum Gasteiger partial charge on any atom is -0.491 e. The van der Waals surface area contributed by atoms with E-state index in [1.807, 2.05) is 20.8 Å². The first kappa shape index (κ1) is 14.2. The third-order valence-electron chi connectivity index (χ3n) is 2.59. The molecule has 0 aliphatic carbocycles. The van der Waals surface area contributed by atoms with Crippen LogP contribution in [0.2, 0.25) is 0 Å². The number of anilines is 1. The first-order chi connectivity index (χ1) is 9.44. The van der Waals surface area contributed by atoms with Crippen LogP contribution in [0.15, 0.2) is 36.4 Å². The lowest BCUT2D eigenvalue weighted by atomic mass is 10.2. The lowest BCUT2D eigenvalue weighted by Crippen LogP contribution is -2.06. The Morgan fingerprint density at radius 1 is 1.05 bits per heavy atom. The van der Waals surface area contributed by atoms with Crippen LogP contribution < -0.4 is 15.2 Å². The van der Waals surface area contributed by atoms with E-state index in [2.05, 4.69) is 0 Å². The van der Waals surface area contributed by atoms with Crippen LogP contribution in [-0.2, 0) is 0 Å². The lowest BCUT2D eigenvalue weighted by molar-refractivity contribution is 0.241. The average molecular weight is 275 g/mol. The van der Waals surface area contributed by atoms with Gasteiger partial charge in [-0.05, 0) is 38.5 Å². The summed E-state index contributed by atoms with van der Waals surface area (Å²) in [4.78, 5) is 0. The van der Waals surface area contributed by atoms with Gasteiger partial charge in [0.2, 0.25) is 0 Å². The minimum atomic E-state index is -0.413. The number of hydrogen-bond donors (Lipinski definition) is 1. The van der Waals surface area contributed by atoms with Crippen molar-refractivity contribution in [1.29, 1.82) is 0 Å². The Kier molecular flexibility index (Phi) is 4.13. The standard InChI is InChI=1S/C16H18FNO2/c1-10(2)19-13-7-12(18)8-14(9-13)20-16-6-11(3)4-5-15(16)17/h4-10H,18H2,1-3H3. The summed E-state index contributed by atoms with van der Waals surface area (Å²) in [6.45, 7) is 5.72. The zero-order chi connectivity index (χ0) is 14.7. The van der Waals surface area contributed by atoms with Crippen molar-refractivity contribution in [3.63, 3.8) is 0 Å². The molecule has 0 heterocycles. The summed E-state index contributed by atoms with van der Waals surface area (Å²) >= 11 is 0. The molecule has 0 saturated carbocycles. The third-order valence-corrected chi connectivity index (χ3v) is 2.59. The molecule has 0 unspecified atom stereocenters. The summed E-state index contributed by atoms with van der Waals surface area (Å²) in [5, 5.41) is 0. The number of nitrogen functional groups attached to an aromatic ring is 1. The first-order valence-corrected chi connectivity index (χ1v) is 6.45. The van der Waals surface area contributed by atoms with E-state index in [-0.39, 0.29) is 11.9 Å². The second-order valence-electron chi connectivity index (χ2n) is 4.94. The van der Waals surface area contributed by atoms with Gasteiger partial charge in [0.15, 0.2) is 11.6 Å². The number of hydrogen-bond acceptors (Lipinski definition) is 3. The van der Waals surface area contributed by atoms with Gasteiger partial charge in [-0.1, -0.05) is 6.07 Å². The molecule has 0 aromatic heterocycles. The predicted octanol–water partition coefficient (Wildman–Crippen LogP) is 4.30. The van der Waals surface area contributed by atoms with Crippen LogP contribution in [0, 0.1) is 12.7 Å². The van der Waals surface area contributed by atoms with E-state index in [1.165, 1.54) is 6.07 Å². The Labute approximate surface area is 118 Å². The largest absolute Gasteiger partial charge is 0.491 e. The Hall–Kier alpha value is -2.23. The van der Waals surface area contributed by atoms with E-state index in [0.717, 1.165) is 5.56 Å². The van der Waals surface area contributed by atoms with Gasteiger partial charge in [0, 0.05) is 23.9 Å². The van der Waals surface area contributed by atoms with Crippen LogP contribution in [0.4, 0.5) is 10.1 Å².